The summed E-state index contributed by atoms with van der Waals surface area (Å²) >= 11 is 6.07. The molecule has 1 aliphatic heterocycles. The number of nitrogen functional groups attached to an aromatic ring is 1. The number of hydrogen-bond acceptors (Lipinski definition) is 8. The Hall–Kier alpha value is -4.86. The van der Waals surface area contributed by atoms with Gasteiger partial charge in [0.2, 0.25) is 11.8 Å². The average molecular weight is 675 g/mol. The maximum Gasteiger partial charge on any atom is 0.280 e. The fourth-order valence-corrected chi connectivity index (χ4v) is 6.52. The van der Waals surface area contributed by atoms with Crippen molar-refractivity contribution in [3.8, 4) is 23.5 Å². The molecule has 3 atom stereocenters. The summed E-state index contributed by atoms with van der Waals surface area (Å²) < 4.78 is 36.2. The van der Waals surface area contributed by atoms with Gasteiger partial charge in [0.15, 0.2) is 22.2 Å². The smallest absolute Gasteiger partial charge is 0.280 e. The number of halogens is 3. The third kappa shape index (κ3) is 7.32. The first kappa shape index (κ1) is 33.1. The maximum absolute atomic E-state index is 16.2. The Morgan fingerprint density at radius 3 is 2.48 bits per heavy atom. The highest BCUT2D eigenvalue weighted by Crippen LogP contribution is 2.45. The van der Waals surface area contributed by atoms with Gasteiger partial charge in [-0.1, -0.05) is 47.9 Å². The molecule has 2 aromatic carbocycles. The van der Waals surface area contributed by atoms with Crippen LogP contribution in [-0.4, -0.2) is 59.8 Å². The van der Waals surface area contributed by atoms with Crippen molar-refractivity contribution in [2.45, 2.75) is 55.8 Å². The van der Waals surface area contributed by atoms with Crippen LogP contribution in [0.5, 0.6) is 11.6 Å². The van der Waals surface area contributed by atoms with Crippen molar-refractivity contribution >= 4 is 23.2 Å². The molecule has 1 amide bonds. The Balaban J connectivity index is 1.13. The molecule has 0 bridgehead atoms. The number of carbonyl (C=O) groups excluding carboxylic acids is 1. The van der Waals surface area contributed by atoms with Gasteiger partial charge < -0.3 is 20.5 Å². The number of aliphatic hydroxyl groups is 1. The normalized spacial score (nSPS) is 22.0. The highest BCUT2D eigenvalue weighted by atomic mass is 35.5. The van der Waals surface area contributed by atoms with Gasteiger partial charge in [0.05, 0.1) is 12.1 Å². The number of ether oxygens (including phenoxy) is 1. The first-order valence-corrected chi connectivity index (χ1v) is 15.9. The third-order valence-electron chi connectivity index (χ3n) is 9.02. The predicted octanol–water partition coefficient (Wildman–Crippen LogP) is 4.90. The van der Waals surface area contributed by atoms with Gasteiger partial charge in [0, 0.05) is 37.8 Å². The molecule has 3 N–H and O–H groups in total. The summed E-state index contributed by atoms with van der Waals surface area (Å²) in [6, 6.07) is 14.6. The van der Waals surface area contributed by atoms with E-state index in [0.29, 0.717) is 0 Å². The van der Waals surface area contributed by atoms with Gasteiger partial charge in [-0.15, -0.1) is 0 Å². The fourth-order valence-electron chi connectivity index (χ4n) is 6.37. The second-order valence-corrected chi connectivity index (χ2v) is 12.6. The third-order valence-corrected chi connectivity index (χ3v) is 9.30. The van der Waals surface area contributed by atoms with Crippen LogP contribution in [-0.2, 0) is 11.3 Å². The number of hydrogen-bond donors (Lipinski definition) is 2. The lowest BCUT2D eigenvalue weighted by Gasteiger charge is -2.43. The number of amides is 1. The molecule has 3 heterocycles. The van der Waals surface area contributed by atoms with E-state index in [1.54, 1.807) is 4.90 Å². The van der Waals surface area contributed by atoms with Gasteiger partial charge in [0.25, 0.3) is 5.56 Å². The van der Waals surface area contributed by atoms with E-state index in [1.165, 1.54) is 47.6 Å². The molecule has 248 valence electrons. The number of benzene rings is 2. The molecule has 0 spiro atoms. The van der Waals surface area contributed by atoms with E-state index < -0.39 is 34.5 Å². The van der Waals surface area contributed by atoms with E-state index in [9.17, 15) is 19.1 Å². The zero-order valence-electron chi connectivity index (χ0n) is 25.9. The topological polar surface area (TPSA) is 136 Å². The molecule has 0 radical (unpaired) electrons. The van der Waals surface area contributed by atoms with Crippen LogP contribution < -0.4 is 16.0 Å². The Morgan fingerprint density at radius 1 is 1.06 bits per heavy atom. The summed E-state index contributed by atoms with van der Waals surface area (Å²) in [4.78, 5) is 40.9. The zero-order chi connectivity index (χ0) is 33.9. The minimum Gasteiger partial charge on any atom is -0.437 e. The number of anilines is 1. The number of alkyl halides is 1. The molecule has 1 aliphatic carbocycles. The van der Waals surface area contributed by atoms with Gasteiger partial charge in [-0.25, -0.2) is 23.7 Å². The standard InChI is InChI=1S/C35H33ClF2N6O4/c36-30-28(40-16-17-41-30)11-13-34(38)12-10-26(27(20-34)23-4-2-1-3-5-23)32(45)43-18-14-35(47,15-19-43)21-44-22-42-31(29(39)33(44)46)48-25-8-6-24(37)7-9-25/h1-9,16-17,22,26-27,47H,10,12,14-15,18-21,39H2/t26-,27+,34+/m1/s1. The Bertz CT molecular complexity index is 1910. The summed E-state index contributed by atoms with van der Waals surface area (Å²) in [5, 5.41) is 11.5. The van der Waals surface area contributed by atoms with Crippen LogP contribution in [0, 0.1) is 23.6 Å². The lowest BCUT2D eigenvalue weighted by molar-refractivity contribution is -0.142. The zero-order valence-corrected chi connectivity index (χ0v) is 26.6. The van der Waals surface area contributed by atoms with E-state index in [1.807, 2.05) is 30.3 Å². The summed E-state index contributed by atoms with van der Waals surface area (Å²) in [6.45, 7) is 0.418. The Labute approximate surface area is 280 Å². The molecule has 2 fully saturated rings. The van der Waals surface area contributed by atoms with E-state index in [2.05, 4.69) is 26.8 Å². The second-order valence-electron chi connectivity index (χ2n) is 12.3. The van der Waals surface area contributed by atoms with Crippen LogP contribution in [0.25, 0.3) is 0 Å². The van der Waals surface area contributed by atoms with Crippen molar-refractivity contribution in [2.24, 2.45) is 5.92 Å². The maximum atomic E-state index is 16.2. The number of aromatic nitrogens is 4. The van der Waals surface area contributed by atoms with Crippen molar-refractivity contribution in [1.82, 2.24) is 24.4 Å². The number of likely N-dealkylation sites (tertiary alicyclic amines) is 1. The van der Waals surface area contributed by atoms with Crippen LogP contribution in [0.1, 0.15) is 49.3 Å². The monoisotopic (exact) mass is 674 g/mol. The molecule has 1 saturated carbocycles. The molecule has 48 heavy (non-hydrogen) atoms. The van der Waals surface area contributed by atoms with Gasteiger partial charge in [-0.2, -0.15) is 0 Å². The van der Waals surface area contributed by atoms with Crippen molar-refractivity contribution in [2.75, 3.05) is 18.8 Å². The Kier molecular flexibility index (Phi) is 9.44. The molecule has 6 rings (SSSR count). The van der Waals surface area contributed by atoms with Crippen molar-refractivity contribution in [3.05, 3.63) is 106 Å². The van der Waals surface area contributed by atoms with Crippen molar-refractivity contribution in [1.29, 1.82) is 0 Å². The molecular formula is C35H33ClF2N6O4. The molecule has 4 aromatic rings. The molecule has 10 nitrogen and oxygen atoms in total. The van der Waals surface area contributed by atoms with E-state index in [-0.39, 0.29) is 85.8 Å². The SMILES string of the molecule is Nc1c(Oc2ccc(F)cc2)ncn(CC2(O)CCN(C(=O)[C@@H]3CC[C@](F)(C#Cc4nccnc4Cl)C[C@H]3c3ccccc3)CC2)c1=O. The van der Waals surface area contributed by atoms with Crippen molar-refractivity contribution < 1.29 is 23.4 Å². The average Bonchev–Trinajstić information content (AvgIpc) is 3.09. The highest BCUT2D eigenvalue weighted by Gasteiger charge is 2.46. The quantitative estimate of drug-likeness (QED) is 0.276. The van der Waals surface area contributed by atoms with E-state index in [4.69, 9.17) is 22.1 Å². The fraction of sp³-hybridized carbons (Fsp3) is 0.343. The lowest BCUT2D eigenvalue weighted by Crippen LogP contribution is -2.52. The van der Waals surface area contributed by atoms with Crippen LogP contribution in [0.15, 0.2) is 78.1 Å². The molecule has 0 unspecified atom stereocenters. The van der Waals surface area contributed by atoms with Crippen LogP contribution in [0.4, 0.5) is 14.5 Å². The largest absolute Gasteiger partial charge is 0.437 e. The summed E-state index contributed by atoms with van der Waals surface area (Å²) in [7, 11) is 0. The molecule has 13 heteroatoms. The molecular weight excluding hydrogens is 642 g/mol. The Morgan fingerprint density at radius 2 is 1.77 bits per heavy atom. The minimum atomic E-state index is -1.86. The van der Waals surface area contributed by atoms with Gasteiger partial charge in [0.1, 0.15) is 17.9 Å². The van der Waals surface area contributed by atoms with Gasteiger partial charge in [-0.05, 0) is 67.4 Å². The summed E-state index contributed by atoms with van der Waals surface area (Å²) in [5.74, 6) is 4.15. The summed E-state index contributed by atoms with van der Waals surface area (Å²) in [6.07, 6.45) is 4.89. The first-order chi connectivity index (χ1) is 23.0. The first-order valence-electron chi connectivity index (χ1n) is 15.6. The number of nitrogens with two attached hydrogens (primary N) is 1. The van der Waals surface area contributed by atoms with Crippen LogP contribution in [0.2, 0.25) is 5.15 Å². The molecule has 1 saturated heterocycles. The number of nitrogens with zero attached hydrogens (tertiary/aromatic N) is 5. The highest BCUT2D eigenvalue weighted by molar-refractivity contribution is 6.30. The van der Waals surface area contributed by atoms with Gasteiger partial charge in [-0.3, -0.25) is 14.2 Å². The van der Waals surface area contributed by atoms with Crippen molar-refractivity contribution in [3.63, 3.8) is 0 Å². The number of piperidine rings is 1. The minimum absolute atomic E-state index is 0.0221. The van der Waals surface area contributed by atoms with Crippen LogP contribution >= 0.6 is 11.6 Å². The summed E-state index contributed by atoms with van der Waals surface area (Å²) in [5.41, 5.74) is 3.05. The predicted molar refractivity (Wildman–Crippen MR) is 174 cm³/mol. The van der Waals surface area contributed by atoms with Crippen LogP contribution in [0.3, 0.4) is 0 Å². The number of carbonyl (C=O) groups is 1. The molecule has 2 aliphatic rings. The number of rotatable bonds is 6. The van der Waals surface area contributed by atoms with Gasteiger partial charge >= 0.3 is 0 Å². The van der Waals surface area contributed by atoms with E-state index >= 15 is 4.39 Å². The molecule has 2 aromatic heterocycles. The van der Waals surface area contributed by atoms with E-state index in [0.717, 1.165) is 5.56 Å². The second kappa shape index (κ2) is 13.7. The lowest BCUT2D eigenvalue weighted by atomic mass is 9.69.